The number of benzene rings is 2. The van der Waals surface area contributed by atoms with Gasteiger partial charge in [0, 0.05) is 23.6 Å². The van der Waals surface area contributed by atoms with E-state index in [0.717, 1.165) is 17.4 Å². The maximum Gasteiger partial charge on any atom is 0.366 e. The van der Waals surface area contributed by atoms with Crippen LogP contribution in [0, 0.1) is 5.92 Å². The summed E-state index contributed by atoms with van der Waals surface area (Å²) in [6.07, 6.45) is 1.71. The molecular formula is C21H18N2O4. The number of rotatable bonds is 4. The summed E-state index contributed by atoms with van der Waals surface area (Å²) in [6.45, 7) is 4.91. The van der Waals surface area contributed by atoms with Crippen LogP contribution in [0.3, 0.4) is 0 Å². The van der Waals surface area contributed by atoms with Gasteiger partial charge in [0.1, 0.15) is 0 Å². The quantitative estimate of drug-likeness (QED) is 0.664. The van der Waals surface area contributed by atoms with Crippen molar-refractivity contribution < 1.29 is 19.2 Å². The lowest BCUT2D eigenvalue weighted by Crippen LogP contribution is -2.32. The number of hydrogen-bond donors (Lipinski definition) is 0. The topological polar surface area (TPSA) is 68.6 Å². The predicted molar refractivity (Wildman–Crippen MR) is 99.1 cm³/mol. The Hall–Kier alpha value is -3.41. The first-order chi connectivity index (χ1) is 13.0. The molecule has 0 unspecified atom stereocenters. The van der Waals surface area contributed by atoms with Crippen LogP contribution in [0.4, 0.5) is 0 Å². The first-order valence-electron chi connectivity index (χ1n) is 8.75. The number of hydroxylamine groups is 2. The van der Waals surface area contributed by atoms with E-state index in [1.807, 2.05) is 28.8 Å². The monoisotopic (exact) mass is 362 g/mol. The third-order valence-corrected chi connectivity index (χ3v) is 4.50. The molecule has 0 aliphatic carbocycles. The Balaban J connectivity index is 1.67. The number of aromatic nitrogens is 1. The summed E-state index contributed by atoms with van der Waals surface area (Å²) in [7, 11) is 0. The minimum absolute atomic E-state index is 0.234. The molecule has 0 atom stereocenters. The Morgan fingerprint density at radius 1 is 0.963 bits per heavy atom. The lowest BCUT2D eigenvalue weighted by Gasteiger charge is -2.12. The summed E-state index contributed by atoms with van der Waals surface area (Å²) in [5, 5.41) is 1.27. The van der Waals surface area contributed by atoms with Crippen molar-refractivity contribution in [1.82, 2.24) is 9.63 Å². The zero-order valence-corrected chi connectivity index (χ0v) is 15.0. The van der Waals surface area contributed by atoms with Gasteiger partial charge < -0.3 is 9.40 Å². The molecule has 0 saturated heterocycles. The predicted octanol–water partition coefficient (Wildman–Crippen LogP) is 3.67. The Morgan fingerprint density at radius 3 is 2.19 bits per heavy atom. The van der Waals surface area contributed by atoms with Gasteiger partial charge in [-0.1, -0.05) is 49.2 Å². The fourth-order valence-electron chi connectivity index (χ4n) is 3.34. The van der Waals surface area contributed by atoms with Gasteiger partial charge in [-0.15, -0.1) is 0 Å². The number of carbonyl (C=O) groups is 3. The van der Waals surface area contributed by atoms with E-state index in [9.17, 15) is 14.4 Å². The maximum atomic E-state index is 12.8. The van der Waals surface area contributed by atoms with Crippen molar-refractivity contribution in [2.24, 2.45) is 5.92 Å². The van der Waals surface area contributed by atoms with E-state index in [4.69, 9.17) is 4.84 Å². The Morgan fingerprint density at radius 2 is 1.56 bits per heavy atom. The van der Waals surface area contributed by atoms with Gasteiger partial charge in [-0.05, 0) is 24.1 Å². The van der Waals surface area contributed by atoms with Crippen LogP contribution in [0.2, 0.25) is 0 Å². The first kappa shape index (κ1) is 17.0. The molecule has 6 heteroatoms. The smallest absolute Gasteiger partial charge is 0.346 e. The molecule has 1 aliphatic heterocycles. The molecule has 2 heterocycles. The molecule has 27 heavy (non-hydrogen) atoms. The van der Waals surface area contributed by atoms with Crippen molar-refractivity contribution >= 4 is 28.7 Å². The molecule has 1 aliphatic rings. The van der Waals surface area contributed by atoms with Gasteiger partial charge in [0.15, 0.2) is 0 Å². The van der Waals surface area contributed by atoms with Crippen LogP contribution in [0.15, 0.2) is 54.7 Å². The molecule has 4 rings (SSSR count). The number of para-hydroxylation sites is 1. The normalized spacial score (nSPS) is 13.5. The Labute approximate surface area is 155 Å². The lowest BCUT2D eigenvalue weighted by molar-refractivity contribution is -0.0583. The zero-order chi connectivity index (χ0) is 19.1. The minimum Gasteiger partial charge on any atom is -0.346 e. The van der Waals surface area contributed by atoms with Gasteiger partial charge in [0.2, 0.25) is 0 Å². The molecule has 0 saturated carbocycles. The van der Waals surface area contributed by atoms with Gasteiger partial charge in [0.05, 0.1) is 16.7 Å². The highest BCUT2D eigenvalue weighted by Crippen LogP contribution is 2.26. The van der Waals surface area contributed by atoms with Crippen LogP contribution >= 0.6 is 0 Å². The van der Waals surface area contributed by atoms with Crippen LogP contribution in [-0.4, -0.2) is 27.4 Å². The van der Waals surface area contributed by atoms with Crippen molar-refractivity contribution in [2.45, 2.75) is 20.4 Å². The number of nitrogens with zero attached hydrogens (tertiary/aromatic N) is 2. The second-order valence-electron chi connectivity index (χ2n) is 6.94. The molecule has 136 valence electrons. The van der Waals surface area contributed by atoms with Crippen molar-refractivity contribution in [3.63, 3.8) is 0 Å². The number of carbonyl (C=O) groups excluding carboxylic acids is 3. The summed E-state index contributed by atoms with van der Waals surface area (Å²) in [6, 6.07) is 13.9. The van der Waals surface area contributed by atoms with Crippen LogP contribution in [0.25, 0.3) is 10.9 Å². The summed E-state index contributed by atoms with van der Waals surface area (Å²) in [4.78, 5) is 42.8. The van der Waals surface area contributed by atoms with Crippen molar-refractivity contribution in [3.05, 3.63) is 71.4 Å². The number of fused-ring (bicyclic) bond motifs is 2. The van der Waals surface area contributed by atoms with E-state index in [1.165, 1.54) is 12.1 Å². The molecule has 3 aromatic rings. The van der Waals surface area contributed by atoms with E-state index in [2.05, 4.69) is 13.8 Å². The van der Waals surface area contributed by atoms with Crippen LogP contribution in [0.5, 0.6) is 0 Å². The minimum atomic E-state index is -0.733. The average molecular weight is 362 g/mol. The molecule has 2 aromatic carbocycles. The molecule has 6 nitrogen and oxygen atoms in total. The van der Waals surface area contributed by atoms with Crippen molar-refractivity contribution in [2.75, 3.05) is 0 Å². The highest BCUT2D eigenvalue weighted by atomic mass is 16.7. The van der Waals surface area contributed by atoms with Gasteiger partial charge in [-0.3, -0.25) is 9.59 Å². The third kappa shape index (κ3) is 2.79. The number of amides is 2. The highest BCUT2D eigenvalue weighted by Gasteiger charge is 2.39. The fourth-order valence-corrected chi connectivity index (χ4v) is 3.34. The highest BCUT2D eigenvalue weighted by molar-refractivity contribution is 6.21. The second kappa shape index (κ2) is 6.39. The molecule has 0 N–H and O–H groups in total. The van der Waals surface area contributed by atoms with Crippen LogP contribution < -0.4 is 0 Å². The molecule has 0 radical (unpaired) electrons. The number of hydrogen-bond acceptors (Lipinski definition) is 4. The Kier molecular flexibility index (Phi) is 4.03. The van der Waals surface area contributed by atoms with Crippen molar-refractivity contribution in [1.29, 1.82) is 0 Å². The molecule has 0 fully saturated rings. The molecular weight excluding hydrogens is 344 g/mol. The summed E-state index contributed by atoms with van der Waals surface area (Å²) < 4.78 is 1.99. The van der Waals surface area contributed by atoms with E-state index in [1.54, 1.807) is 18.3 Å². The molecule has 2 amide bonds. The van der Waals surface area contributed by atoms with E-state index < -0.39 is 17.8 Å². The van der Waals surface area contributed by atoms with Gasteiger partial charge >= 0.3 is 5.97 Å². The molecule has 1 aromatic heterocycles. The van der Waals surface area contributed by atoms with Gasteiger partial charge in [-0.25, -0.2) is 4.79 Å². The largest absolute Gasteiger partial charge is 0.366 e. The molecule has 0 spiro atoms. The second-order valence-corrected chi connectivity index (χ2v) is 6.94. The maximum absolute atomic E-state index is 12.8. The van der Waals surface area contributed by atoms with Crippen LogP contribution in [-0.2, 0) is 11.4 Å². The fraction of sp³-hybridized carbons (Fsp3) is 0.190. The SMILES string of the molecule is CC(C)Cn1cc(C(=O)ON2C(=O)c3ccccc3C2=O)c2ccccc21. The third-order valence-electron chi connectivity index (χ3n) is 4.50. The average Bonchev–Trinajstić information content (AvgIpc) is 3.13. The van der Waals surface area contributed by atoms with E-state index in [0.29, 0.717) is 16.5 Å². The van der Waals surface area contributed by atoms with Gasteiger partial charge in [0.25, 0.3) is 11.8 Å². The lowest BCUT2D eigenvalue weighted by atomic mass is 10.1. The van der Waals surface area contributed by atoms with E-state index in [-0.39, 0.29) is 11.1 Å². The summed E-state index contributed by atoms with van der Waals surface area (Å²) in [5.41, 5.74) is 1.69. The van der Waals surface area contributed by atoms with Crippen molar-refractivity contribution in [3.8, 4) is 0 Å². The summed E-state index contributed by atoms with van der Waals surface area (Å²) in [5.74, 6) is -1.60. The van der Waals surface area contributed by atoms with E-state index >= 15 is 0 Å². The van der Waals surface area contributed by atoms with Crippen LogP contribution in [0.1, 0.15) is 44.9 Å². The Bertz CT molecular complexity index is 1050. The summed E-state index contributed by atoms with van der Waals surface area (Å²) >= 11 is 0. The molecule has 0 bridgehead atoms. The van der Waals surface area contributed by atoms with Gasteiger partial charge in [-0.2, -0.15) is 0 Å². The first-order valence-corrected chi connectivity index (χ1v) is 8.75. The zero-order valence-electron chi connectivity index (χ0n) is 15.0. The standard InChI is InChI=1S/C21H18N2O4/c1-13(2)11-22-12-17(14-7-5-6-10-18(14)22)21(26)27-23-19(24)15-8-3-4-9-16(15)20(23)25/h3-10,12-13H,11H2,1-2H3. The number of imide groups is 1.